The first kappa shape index (κ1) is 18.4. The van der Waals surface area contributed by atoms with Crippen LogP contribution >= 0.6 is 11.3 Å². The number of thiazole rings is 1. The smallest absolute Gasteiger partial charge is 0.231 e. The van der Waals surface area contributed by atoms with Gasteiger partial charge in [-0.05, 0) is 18.9 Å². The third kappa shape index (κ3) is 3.66. The Morgan fingerprint density at radius 3 is 2.87 bits per heavy atom. The number of hydrogen-bond acceptors (Lipinski definition) is 11. The maximum Gasteiger partial charge on any atom is 0.231 e. The Morgan fingerprint density at radius 1 is 1.17 bits per heavy atom. The van der Waals surface area contributed by atoms with Gasteiger partial charge >= 0.3 is 0 Å². The normalized spacial score (nSPS) is 16.0. The summed E-state index contributed by atoms with van der Waals surface area (Å²) in [5.74, 6) is 2.92. The van der Waals surface area contributed by atoms with E-state index >= 15 is 0 Å². The molecule has 1 atom stereocenters. The van der Waals surface area contributed by atoms with Gasteiger partial charge in [0.1, 0.15) is 5.82 Å². The molecular formula is C19H18N8O2S. The molecule has 0 radical (unpaired) electrons. The Morgan fingerprint density at radius 2 is 2.07 bits per heavy atom. The number of methoxy groups -OCH3 is 1. The van der Waals surface area contributed by atoms with Crippen LogP contribution in [-0.4, -0.2) is 43.7 Å². The molecule has 0 bridgehead atoms. The Kier molecular flexibility index (Phi) is 4.93. The number of aromatic nitrogens is 6. The van der Waals surface area contributed by atoms with Crippen LogP contribution in [0.5, 0.6) is 5.88 Å². The fraction of sp³-hybridized carbons (Fsp3) is 0.263. The van der Waals surface area contributed by atoms with E-state index in [4.69, 9.17) is 9.26 Å². The van der Waals surface area contributed by atoms with Gasteiger partial charge in [0.15, 0.2) is 22.4 Å². The standard InChI is InChI=1S/C19H18N8O2S/c1-28-16-11-15(24-19-22-7-9-30-19)23-18(25-16)27-8-2-4-13(27)14-10-12(26-29-14)17-20-5-3-6-21-17/h3,5-7,9-11,13H,2,4,8H2,1H3,(H,22,23,24,25)/t13-/m0/s1. The quantitative estimate of drug-likeness (QED) is 0.495. The molecule has 0 unspecified atom stereocenters. The molecule has 0 amide bonds. The summed E-state index contributed by atoms with van der Waals surface area (Å²) < 4.78 is 11.0. The second kappa shape index (κ2) is 8.03. The molecule has 4 aromatic rings. The van der Waals surface area contributed by atoms with Gasteiger partial charge in [-0.25, -0.2) is 15.0 Å². The van der Waals surface area contributed by atoms with E-state index in [0.717, 1.165) is 30.3 Å². The summed E-state index contributed by atoms with van der Waals surface area (Å²) in [6.07, 6.45) is 6.98. The highest BCUT2D eigenvalue weighted by molar-refractivity contribution is 7.13. The van der Waals surface area contributed by atoms with Crippen LogP contribution < -0.4 is 15.0 Å². The Balaban J connectivity index is 1.44. The van der Waals surface area contributed by atoms with E-state index in [2.05, 4.69) is 40.3 Å². The molecule has 5 rings (SSSR count). The number of nitrogens with one attached hydrogen (secondary N) is 1. The Hall–Kier alpha value is -3.60. The lowest BCUT2D eigenvalue weighted by molar-refractivity contribution is 0.361. The van der Waals surface area contributed by atoms with E-state index in [1.165, 1.54) is 11.3 Å². The lowest BCUT2D eigenvalue weighted by atomic mass is 10.1. The molecule has 30 heavy (non-hydrogen) atoms. The van der Waals surface area contributed by atoms with Crippen LogP contribution in [0.4, 0.5) is 16.9 Å². The highest BCUT2D eigenvalue weighted by Crippen LogP contribution is 2.37. The zero-order chi connectivity index (χ0) is 20.3. The summed E-state index contributed by atoms with van der Waals surface area (Å²) in [4.78, 5) is 24.1. The number of rotatable bonds is 6. The van der Waals surface area contributed by atoms with Crippen LogP contribution in [0.2, 0.25) is 0 Å². The van der Waals surface area contributed by atoms with Crippen molar-refractivity contribution < 1.29 is 9.26 Å². The van der Waals surface area contributed by atoms with Gasteiger partial charge in [-0.1, -0.05) is 5.16 Å². The van der Waals surface area contributed by atoms with Crippen molar-refractivity contribution in [1.82, 2.24) is 30.1 Å². The first-order chi connectivity index (χ1) is 14.8. The molecule has 1 aliphatic rings. The van der Waals surface area contributed by atoms with Gasteiger partial charge in [0, 0.05) is 42.6 Å². The monoisotopic (exact) mass is 422 g/mol. The lowest BCUT2D eigenvalue weighted by Crippen LogP contribution is -2.24. The fourth-order valence-electron chi connectivity index (χ4n) is 3.39. The predicted molar refractivity (Wildman–Crippen MR) is 111 cm³/mol. The van der Waals surface area contributed by atoms with Gasteiger partial charge < -0.3 is 19.5 Å². The zero-order valence-electron chi connectivity index (χ0n) is 16.1. The maximum atomic E-state index is 5.64. The molecule has 1 fully saturated rings. The molecule has 0 aliphatic carbocycles. The van der Waals surface area contributed by atoms with E-state index in [9.17, 15) is 0 Å². The molecule has 0 aromatic carbocycles. The van der Waals surface area contributed by atoms with Crippen LogP contribution in [0.1, 0.15) is 24.6 Å². The molecule has 11 heteroatoms. The van der Waals surface area contributed by atoms with Crippen molar-refractivity contribution in [3.05, 3.63) is 47.9 Å². The SMILES string of the molecule is COc1cc(Nc2nccs2)nc(N2CCC[C@H]2c2cc(-c3ncccn3)no2)n1. The Bertz CT molecular complexity index is 1120. The summed E-state index contributed by atoms with van der Waals surface area (Å²) in [7, 11) is 1.59. The average molecular weight is 422 g/mol. The zero-order valence-corrected chi connectivity index (χ0v) is 16.9. The van der Waals surface area contributed by atoms with Gasteiger partial charge in [0.05, 0.1) is 13.2 Å². The molecular weight excluding hydrogens is 404 g/mol. The number of hydrogen-bond donors (Lipinski definition) is 1. The van der Waals surface area contributed by atoms with Gasteiger partial charge in [-0.3, -0.25) is 0 Å². The molecule has 152 valence electrons. The lowest BCUT2D eigenvalue weighted by Gasteiger charge is -2.23. The minimum Gasteiger partial charge on any atom is -0.481 e. The summed E-state index contributed by atoms with van der Waals surface area (Å²) in [5.41, 5.74) is 0.607. The van der Waals surface area contributed by atoms with Crippen molar-refractivity contribution >= 4 is 28.2 Å². The highest BCUT2D eigenvalue weighted by atomic mass is 32.1. The molecule has 5 heterocycles. The first-order valence-corrected chi connectivity index (χ1v) is 10.3. The topological polar surface area (TPSA) is 115 Å². The van der Waals surface area contributed by atoms with Gasteiger partial charge in [0.25, 0.3) is 0 Å². The van der Waals surface area contributed by atoms with Crippen molar-refractivity contribution in [3.8, 4) is 17.4 Å². The van der Waals surface area contributed by atoms with Crippen molar-refractivity contribution in [2.45, 2.75) is 18.9 Å². The molecule has 1 aliphatic heterocycles. The predicted octanol–water partition coefficient (Wildman–Crippen LogP) is 3.47. The van der Waals surface area contributed by atoms with E-state index in [1.54, 1.807) is 37.8 Å². The van der Waals surface area contributed by atoms with Crippen LogP contribution in [-0.2, 0) is 0 Å². The number of anilines is 3. The minimum absolute atomic E-state index is 0.0326. The molecule has 10 nitrogen and oxygen atoms in total. The van der Waals surface area contributed by atoms with E-state index < -0.39 is 0 Å². The molecule has 0 saturated carbocycles. The number of ether oxygens (including phenoxy) is 1. The van der Waals surface area contributed by atoms with Gasteiger partial charge in [0.2, 0.25) is 11.8 Å². The molecule has 4 aromatic heterocycles. The van der Waals surface area contributed by atoms with Crippen molar-refractivity contribution in [2.75, 3.05) is 23.9 Å². The minimum atomic E-state index is -0.0326. The molecule has 1 saturated heterocycles. The van der Waals surface area contributed by atoms with Crippen LogP contribution in [0.3, 0.4) is 0 Å². The maximum absolute atomic E-state index is 5.64. The van der Waals surface area contributed by atoms with Crippen LogP contribution in [0, 0.1) is 0 Å². The summed E-state index contributed by atoms with van der Waals surface area (Å²) in [6.45, 7) is 0.798. The fourth-order valence-corrected chi connectivity index (χ4v) is 3.93. The third-order valence-corrected chi connectivity index (χ3v) is 5.42. The molecule has 0 spiro atoms. The van der Waals surface area contributed by atoms with Gasteiger partial charge in [-0.15, -0.1) is 11.3 Å². The van der Waals surface area contributed by atoms with Crippen molar-refractivity contribution in [2.24, 2.45) is 0 Å². The van der Waals surface area contributed by atoms with E-state index in [-0.39, 0.29) is 6.04 Å². The first-order valence-electron chi connectivity index (χ1n) is 9.40. The van der Waals surface area contributed by atoms with Crippen LogP contribution in [0.15, 0.2) is 46.7 Å². The van der Waals surface area contributed by atoms with Crippen molar-refractivity contribution in [1.29, 1.82) is 0 Å². The third-order valence-electron chi connectivity index (χ3n) is 4.73. The largest absolute Gasteiger partial charge is 0.481 e. The Labute approximate surface area is 176 Å². The van der Waals surface area contributed by atoms with Gasteiger partial charge in [-0.2, -0.15) is 9.97 Å². The van der Waals surface area contributed by atoms with E-state index in [0.29, 0.717) is 29.2 Å². The summed E-state index contributed by atoms with van der Waals surface area (Å²) >= 11 is 1.50. The summed E-state index contributed by atoms with van der Waals surface area (Å²) in [5, 5.41) is 10.0. The van der Waals surface area contributed by atoms with Crippen LogP contribution in [0.25, 0.3) is 11.5 Å². The molecule has 1 N–H and O–H groups in total. The number of nitrogens with zero attached hydrogens (tertiary/aromatic N) is 7. The average Bonchev–Trinajstić information content (AvgIpc) is 3.55. The second-order valence-electron chi connectivity index (χ2n) is 6.60. The van der Waals surface area contributed by atoms with E-state index in [1.807, 2.05) is 11.4 Å². The van der Waals surface area contributed by atoms with Crippen molar-refractivity contribution in [3.63, 3.8) is 0 Å². The summed E-state index contributed by atoms with van der Waals surface area (Å²) in [6, 6.07) is 5.36. The second-order valence-corrected chi connectivity index (χ2v) is 7.49. The highest BCUT2D eigenvalue weighted by Gasteiger charge is 2.32.